The number of carbonyl (C=O) groups excluding carboxylic acids is 2. The van der Waals surface area contributed by atoms with Crippen molar-refractivity contribution in [2.75, 3.05) is 151 Å². The first kappa shape index (κ1) is 115. The number of hydrogen-bond acceptors (Lipinski definition) is 27. The number of halogens is 8. The molecule has 0 saturated carbocycles. The van der Waals surface area contributed by atoms with Crippen molar-refractivity contribution in [1.82, 2.24) is 35.5 Å². The molecule has 0 aliphatic carbocycles. The predicted octanol–water partition coefficient (Wildman–Crippen LogP) is 17.4. The number of benzene rings is 8. The van der Waals surface area contributed by atoms with Crippen LogP contribution in [0.15, 0.2) is 253 Å². The van der Waals surface area contributed by atoms with Crippen LogP contribution >= 0.6 is 128 Å². The third-order valence-electron chi connectivity index (χ3n) is 18.5. The SMILES string of the molecule is C1CCOC1.CCOC(=O)CCS.CC[O-].COc1ccc(CNCc2ccc(OC)cc2)cc1.Cl.Fc1nccc(I)c1Cl.[2H]C([2H])N(Cc1ccc(OC)cc1)Cc1ccc(OC)cc1.[2H]C([2H])N(Cc1ccc(OC)cc1)c1nccc(I)c1Cl.[2H]C([2H])N(Cc1ccc(OC)cc1)c1nccc(SCCC(=O)OCC)c1Cl.[2H]C([2H])N(Cc1ccc(OC)cc1)c1nccc([S-])c1Cl.[2H]C([2H])NCc1ccc(OC)cc1.[Na+].[Na+]. The van der Waals surface area contributed by atoms with Crippen LogP contribution < -0.4 is 127 Å². The van der Waals surface area contributed by atoms with Gasteiger partial charge in [0.25, 0.3) is 0 Å². The molecule has 1 aliphatic heterocycles. The Balaban J connectivity index is 0.000000874. The molecule has 24 nitrogen and oxygen atoms in total. The molecule has 12 aromatic rings. The molecule has 1 fully saturated rings. The number of thiol groups is 1. The van der Waals surface area contributed by atoms with Gasteiger partial charge in [-0.25, -0.2) is 19.9 Å². The van der Waals surface area contributed by atoms with E-state index in [1.807, 2.05) is 192 Å². The van der Waals surface area contributed by atoms with Gasteiger partial charge in [-0.3, -0.25) is 14.5 Å². The van der Waals surface area contributed by atoms with Gasteiger partial charge in [0.15, 0.2) is 0 Å². The Morgan fingerprint density at radius 3 is 1.05 bits per heavy atom. The van der Waals surface area contributed by atoms with E-state index in [0.717, 1.165) is 114 Å². The number of methoxy groups -OCH3 is 8. The minimum atomic E-state index is -1.29. The number of rotatable bonds is 35. The molecule has 8 aromatic carbocycles. The monoisotopic (exact) mass is 2350 g/mol. The van der Waals surface area contributed by atoms with Crippen molar-refractivity contribution in [3.63, 3.8) is 0 Å². The number of nitrogens with zero attached hydrogens (tertiary/aromatic N) is 8. The van der Waals surface area contributed by atoms with Gasteiger partial charge in [0, 0.05) is 149 Å². The van der Waals surface area contributed by atoms with Crippen LogP contribution in [-0.4, -0.2) is 173 Å². The molecule has 0 radical (unpaired) electrons. The number of hydrogen-bond donors (Lipinski definition) is 3. The van der Waals surface area contributed by atoms with E-state index in [-0.39, 0.29) is 102 Å². The quantitative estimate of drug-likeness (QED) is 0.00635. The summed E-state index contributed by atoms with van der Waals surface area (Å²) in [5, 5.41) is 16.3. The van der Waals surface area contributed by atoms with Gasteiger partial charge in [-0.1, -0.05) is 156 Å². The molecule has 0 unspecified atom stereocenters. The second kappa shape index (κ2) is 79.8. The Kier molecular flexibility index (Phi) is 64.6. The largest absolute Gasteiger partial charge is 1.00 e. The molecule has 760 valence electrons. The Morgan fingerprint density at radius 2 is 0.746 bits per heavy atom. The van der Waals surface area contributed by atoms with E-state index in [4.69, 9.17) is 125 Å². The number of nitrogens with one attached hydrogen (secondary N) is 2. The van der Waals surface area contributed by atoms with Crippen LogP contribution in [0.5, 0.6) is 46.0 Å². The summed E-state index contributed by atoms with van der Waals surface area (Å²) in [4.78, 5) is 45.3. The molecule has 4 aromatic heterocycles. The summed E-state index contributed by atoms with van der Waals surface area (Å²) in [5.74, 6) is 7.70. The van der Waals surface area contributed by atoms with E-state index in [9.17, 15) is 14.0 Å². The third-order valence-corrected chi connectivity index (χ3v) is 24.3. The Labute approximate surface area is 966 Å². The molecule has 0 spiro atoms. The van der Waals surface area contributed by atoms with Crippen LogP contribution in [0.25, 0.3) is 0 Å². The van der Waals surface area contributed by atoms with Crippen molar-refractivity contribution in [1.29, 1.82) is 0 Å². The van der Waals surface area contributed by atoms with Gasteiger partial charge < -0.3 is 95.2 Å². The Morgan fingerprint density at radius 1 is 0.444 bits per heavy atom. The topological polar surface area (TPSA) is 247 Å². The second-order valence-corrected chi connectivity index (χ2v) is 34.4. The van der Waals surface area contributed by atoms with E-state index in [1.54, 1.807) is 119 Å². The van der Waals surface area contributed by atoms with Crippen molar-refractivity contribution < 1.29 is 144 Å². The fourth-order valence-corrected chi connectivity index (χ4v) is 14.3. The van der Waals surface area contributed by atoms with E-state index >= 15 is 0 Å². The van der Waals surface area contributed by atoms with Crippen LogP contribution in [0.2, 0.25) is 20.1 Å². The molecule has 13 rings (SSSR count). The maximum absolute atomic E-state index is 12.3. The maximum atomic E-state index is 12.3. The fraction of sp³-hybridized carbons (Fsp3) is 0.333. The molecule has 1 saturated heterocycles. The number of ether oxygens (including phenoxy) is 11. The summed E-state index contributed by atoms with van der Waals surface area (Å²) < 4.78 is 145. The third kappa shape index (κ3) is 54.4. The maximum Gasteiger partial charge on any atom is 1.00 e. The summed E-state index contributed by atoms with van der Waals surface area (Å²) in [5.41, 5.74) is 8.43. The van der Waals surface area contributed by atoms with E-state index in [1.165, 1.54) is 62.8 Å². The number of esters is 2. The first-order valence-corrected chi connectivity index (χ1v) is 49.0. The molecule has 1 aliphatic rings. The Bertz CT molecular complexity index is 5470. The van der Waals surface area contributed by atoms with Gasteiger partial charge in [-0.2, -0.15) is 21.9 Å². The standard InChI is InChI=1S/C19H23ClN2O3S.C17H21NO2.C16H19NO2.C14H14ClIN2O.C14H15ClN2OS.C9H13NO.C5H2ClFIN.C5H10O2S.C4H8O.C2H5O.ClH.2Na/c1-4-25-17(23)10-12-26-16-9-11-21-19(18(16)20)22(2)13-14-5-7-15(24-3)8-6-14;1-18(12-14-4-8-16(19-2)9-5-14)13-15-6-10-17(20-3)11-7-15;1-18-15-7-3-13(4-8-15)11-17-12-14-5-9-16(19-2)10-6-14;1-18(14-13(15)12(16)7-8-17-14)9-10-3-5-11(19-2)6-4-10;1-17(14-13(15)12(19)7-8-16-14)9-10-3-5-11(18-2)6-4-10;1-10-7-8-3-5-9(11-2)6-4-8;6-4-3(8)1-2-9-5(4)7;1-2-7-5(6)3-4-8;1-2-4-5-3-1;1-2-3;;;/h5-9,11H,4,10,12-13H2,1-3H3;4-11H,12-13H2,1-3H3;3-10,17H,11-12H2,1-2H3;3-8H,9H2,1-2H3;3-8H,9H2,1-2H3,(H,16,19);3-6,10H,7H2,1-2H3;1-2H;8H,2-4H2,1H3;1-4H2;2H2,1H3;1H;;/q;;;;;;;;;-1;;2*+1/p-1/i2D2;1D2;;3*1D2;;;;;;;. The summed E-state index contributed by atoms with van der Waals surface area (Å²) >= 11 is 38.8. The smallest absolute Gasteiger partial charge is 0.855 e. The number of aromatic nitrogens is 4. The van der Waals surface area contributed by atoms with Gasteiger partial charge in [-0.05, 0) is 246 Å². The van der Waals surface area contributed by atoms with Gasteiger partial charge in [-0.15, -0.1) is 30.8 Å². The van der Waals surface area contributed by atoms with Crippen LogP contribution in [-0.2, 0) is 88.8 Å². The molecular formula is C105H130Cl5FI2N10Na2O14S3. The summed E-state index contributed by atoms with van der Waals surface area (Å²) in [6.45, 7) is 6.60. The van der Waals surface area contributed by atoms with Gasteiger partial charge in [0.1, 0.15) is 68.5 Å². The first-order chi connectivity index (χ1) is 71.6. The fourth-order valence-electron chi connectivity index (χ4n) is 11.4. The van der Waals surface area contributed by atoms with Crippen molar-refractivity contribution in [2.24, 2.45) is 0 Å². The normalized spacial score (nSPS) is 11.5. The minimum absolute atomic E-state index is 0. The van der Waals surface area contributed by atoms with Crippen molar-refractivity contribution in [3.05, 3.63) is 321 Å². The van der Waals surface area contributed by atoms with Crippen molar-refractivity contribution in [2.45, 2.75) is 109 Å². The average molecular weight is 2360 g/mol. The summed E-state index contributed by atoms with van der Waals surface area (Å²) in [6.07, 6.45) is 9.39. The zero-order chi connectivity index (χ0) is 110. The van der Waals surface area contributed by atoms with Crippen LogP contribution in [0.3, 0.4) is 0 Å². The van der Waals surface area contributed by atoms with Gasteiger partial charge in [0.05, 0.1) is 98.0 Å². The molecular weight excluding hydrogens is 2220 g/mol. The zero-order valence-corrected chi connectivity index (χ0v) is 96.7. The minimum Gasteiger partial charge on any atom is -0.855 e. The molecule has 0 bridgehead atoms. The van der Waals surface area contributed by atoms with E-state index < -0.39 is 40.9 Å². The zero-order valence-electron chi connectivity index (χ0n) is 92.0. The molecule has 5 heterocycles. The predicted molar refractivity (Wildman–Crippen MR) is 592 cm³/mol. The van der Waals surface area contributed by atoms with Crippen molar-refractivity contribution >= 4 is 170 Å². The summed E-state index contributed by atoms with van der Waals surface area (Å²) in [6, 6.07) is 68.3. The summed E-state index contributed by atoms with van der Waals surface area (Å²) in [7, 11) is 13.1. The van der Waals surface area contributed by atoms with Crippen LogP contribution in [0.4, 0.5) is 21.8 Å². The average Bonchev–Trinajstić information content (AvgIpc) is 0.887. The number of pyridine rings is 4. The molecule has 0 atom stereocenters. The van der Waals surface area contributed by atoms with E-state index in [2.05, 4.69) is 94.8 Å². The molecule has 2 N–H and O–H groups in total. The molecule has 37 heteroatoms. The van der Waals surface area contributed by atoms with Gasteiger partial charge in [0.2, 0.25) is 5.95 Å². The van der Waals surface area contributed by atoms with Crippen LogP contribution in [0.1, 0.15) is 105 Å². The van der Waals surface area contributed by atoms with Crippen molar-refractivity contribution in [3.8, 4) is 46.0 Å². The number of thioether (sulfide) groups is 1. The molecule has 142 heavy (non-hydrogen) atoms. The number of anilines is 3. The first-order valence-electron chi connectivity index (χ1n) is 49.0. The Hall–Kier alpha value is -7.34. The number of carbonyl (C=O) groups is 2. The second-order valence-electron chi connectivity index (χ2n) is 28.6. The molecule has 0 amide bonds. The van der Waals surface area contributed by atoms with Crippen LogP contribution in [0, 0.1) is 13.1 Å². The van der Waals surface area contributed by atoms with Gasteiger partial charge >= 0.3 is 71.1 Å². The van der Waals surface area contributed by atoms with E-state index in [0.29, 0.717) is 111 Å².